The van der Waals surface area contributed by atoms with Gasteiger partial charge in [0.1, 0.15) is 23.7 Å². The van der Waals surface area contributed by atoms with E-state index in [2.05, 4.69) is 72.8 Å². The Morgan fingerprint density at radius 3 is 2.34 bits per heavy atom. The maximum atomic E-state index is 13.5. The lowest BCUT2D eigenvalue weighted by Crippen LogP contribution is -2.48. The molecule has 4 aromatic rings. The summed E-state index contributed by atoms with van der Waals surface area (Å²) in [6.07, 6.45) is 8.75. The van der Waals surface area contributed by atoms with E-state index in [1.54, 1.807) is 0 Å². The van der Waals surface area contributed by atoms with Crippen LogP contribution in [0.5, 0.6) is 5.75 Å². The average Bonchev–Trinajstić information content (AvgIpc) is 3.54. The van der Waals surface area contributed by atoms with E-state index in [0.29, 0.717) is 54.2 Å². The topological polar surface area (TPSA) is 151 Å². The van der Waals surface area contributed by atoms with Gasteiger partial charge < -0.3 is 19.8 Å². The summed E-state index contributed by atoms with van der Waals surface area (Å²) in [5.74, 6) is 1.23. The Morgan fingerprint density at radius 1 is 1.04 bits per heavy atom. The van der Waals surface area contributed by atoms with Gasteiger partial charge in [0.15, 0.2) is 0 Å². The van der Waals surface area contributed by atoms with E-state index in [0.717, 1.165) is 76.9 Å². The molecule has 0 fully saturated rings. The first kappa shape index (κ1) is 41.6. The van der Waals surface area contributed by atoms with E-state index in [1.165, 1.54) is 0 Å². The number of rotatable bonds is 15. The maximum Gasteiger partial charge on any atom is 0.261 e. The second-order valence-electron chi connectivity index (χ2n) is 13.5. The number of nitrogens with two attached hydrogens (primary N) is 1. The van der Waals surface area contributed by atoms with Gasteiger partial charge in [0.25, 0.3) is 10.1 Å². The minimum absolute atomic E-state index is 0.379. The molecule has 1 aromatic heterocycles. The molecule has 0 bridgehead atoms. The van der Waals surface area contributed by atoms with Crippen molar-refractivity contribution in [2.45, 2.75) is 64.2 Å². The SMILES string of the molecule is CCCn1cncc1CS(=O)c1ccc([N+]2(CC(C)C)CCC/C(C(N)=O)=C\c3cc(-c4ccc(OCCOCC)cc4)ccc32)cc1.CS(=O)(=O)O. The number of primary amides is 1. The van der Waals surface area contributed by atoms with Crippen LogP contribution in [0.2, 0.25) is 0 Å². The molecule has 0 radical (unpaired) electrons. The summed E-state index contributed by atoms with van der Waals surface area (Å²) in [5, 5.41) is 0. The summed E-state index contributed by atoms with van der Waals surface area (Å²) < 4.78 is 53.3. The number of amides is 1. The number of aryl methyl sites for hydroxylation is 1. The summed E-state index contributed by atoms with van der Waals surface area (Å²) >= 11 is 0. The fourth-order valence-corrected chi connectivity index (χ4v) is 7.77. The van der Waals surface area contributed by atoms with Gasteiger partial charge in [-0.3, -0.25) is 18.0 Å². The highest BCUT2D eigenvalue weighted by Crippen LogP contribution is 2.43. The molecule has 11 nitrogen and oxygen atoms in total. The van der Waals surface area contributed by atoms with Crippen LogP contribution in [0.15, 0.2) is 89.7 Å². The van der Waals surface area contributed by atoms with Gasteiger partial charge in [0.05, 0.1) is 54.5 Å². The molecule has 1 aliphatic rings. The number of quaternary nitrogens is 1. The van der Waals surface area contributed by atoms with Crippen molar-refractivity contribution >= 4 is 44.3 Å². The number of carbonyl (C=O) groups is 1. The molecule has 13 heteroatoms. The van der Waals surface area contributed by atoms with Crippen LogP contribution >= 0.6 is 0 Å². The Hall–Kier alpha value is -4.14. The fraction of sp³-hybridized carbons (Fsp3) is 0.400. The molecule has 2 atom stereocenters. The normalized spacial score (nSPS) is 17.4. The monoisotopic (exact) mass is 765 g/mol. The Labute approximate surface area is 316 Å². The van der Waals surface area contributed by atoms with Crippen molar-refractivity contribution in [1.82, 2.24) is 14.0 Å². The minimum atomic E-state index is -3.67. The Kier molecular flexibility index (Phi) is 15.1. The molecule has 3 aromatic carbocycles. The third-order valence-electron chi connectivity index (χ3n) is 8.82. The van der Waals surface area contributed by atoms with Crippen LogP contribution in [-0.4, -0.2) is 71.8 Å². The summed E-state index contributed by atoms with van der Waals surface area (Å²) in [4.78, 5) is 17.6. The van der Waals surface area contributed by atoms with E-state index >= 15 is 0 Å². The third kappa shape index (κ3) is 11.9. The zero-order valence-electron chi connectivity index (χ0n) is 31.4. The van der Waals surface area contributed by atoms with E-state index < -0.39 is 20.9 Å². The van der Waals surface area contributed by atoms with Gasteiger partial charge in [0.2, 0.25) is 5.91 Å². The van der Waals surface area contributed by atoms with Crippen LogP contribution in [0, 0.1) is 5.92 Å². The Balaban J connectivity index is 0.00000117. The standard InChI is InChI=1S/C39H48N4O4S.CH4O3S/c1-5-19-42-28-41-25-34(42)27-48(45)37-16-12-35(13-17-37)43(26-29(3)4)20-7-8-32(39(40)44)24-33-23-31(11-18-38(33)43)30-9-14-36(15-10-30)47-22-21-46-6-2;1-5(2,3)4/h9-18,23-25,28-29H,5-8,19-22,26-27H2,1-4H3,(H-,40,44);1H3,(H,2,3,4)/p+1/b32-24+;. The largest absolute Gasteiger partial charge is 0.491 e. The van der Waals surface area contributed by atoms with Crippen LogP contribution in [0.3, 0.4) is 0 Å². The van der Waals surface area contributed by atoms with E-state index in [-0.39, 0.29) is 5.91 Å². The first-order valence-corrected chi connectivity index (χ1v) is 21.1. The minimum Gasteiger partial charge on any atom is -0.491 e. The second-order valence-corrected chi connectivity index (χ2v) is 16.5. The zero-order valence-corrected chi connectivity index (χ0v) is 33.0. The number of fused-ring (bicyclic) bond motifs is 1. The number of aromatic nitrogens is 2. The highest BCUT2D eigenvalue weighted by atomic mass is 32.2. The van der Waals surface area contributed by atoms with Gasteiger partial charge >= 0.3 is 0 Å². The molecule has 1 aliphatic heterocycles. The lowest BCUT2D eigenvalue weighted by molar-refractivity contribution is -0.114. The number of nitrogens with zero attached hydrogens (tertiary/aromatic N) is 3. The zero-order chi connectivity index (χ0) is 38.6. The van der Waals surface area contributed by atoms with Gasteiger partial charge in [-0.2, -0.15) is 8.42 Å². The smallest absolute Gasteiger partial charge is 0.261 e. The van der Waals surface area contributed by atoms with Crippen LogP contribution in [0.4, 0.5) is 11.4 Å². The van der Waals surface area contributed by atoms with Crippen molar-refractivity contribution in [2.24, 2.45) is 11.7 Å². The highest BCUT2D eigenvalue weighted by Gasteiger charge is 2.37. The molecule has 2 heterocycles. The summed E-state index contributed by atoms with van der Waals surface area (Å²) in [7, 11) is -4.87. The lowest BCUT2D eigenvalue weighted by Gasteiger charge is -2.41. The number of benzene rings is 3. The van der Waals surface area contributed by atoms with Gasteiger partial charge in [-0.1, -0.05) is 32.9 Å². The van der Waals surface area contributed by atoms with E-state index in [4.69, 9.17) is 19.8 Å². The van der Waals surface area contributed by atoms with Gasteiger partial charge in [-0.25, -0.2) is 4.98 Å². The molecule has 1 amide bonds. The first-order chi connectivity index (χ1) is 25.2. The summed E-state index contributed by atoms with van der Waals surface area (Å²) in [6, 6.07) is 22.9. The highest BCUT2D eigenvalue weighted by molar-refractivity contribution is 7.85. The van der Waals surface area contributed by atoms with E-state index in [1.807, 2.05) is 49.8 Å². The Morgan fingerprint density at radius 2 is 1.72 bits per heavy atom. The molecule has 286 valence electrons. The second kappa shape index (κ2) is 19.3. The number of carbonyl (C=O) groups excluding carboxylic acids is 1. The summed E-state index contributed by atoms with van der Waals surface area (Å²) in [5.41, 5.74) is 12.8. The molecule has 0 aliphatic carbocycles. The fourth-order valence-electron chi connectivity index (χ4n) is 6.66. The van der Waals surface area contributed by atoms with Crippen molar-refractivity contribution in [3.8, 4) is 16.9 Å². The molecule has 3 N–H and O–H groups in total. The van der Waals surface area contributed by atoms with Crippen molar-refractivity contribution in [2.75, 3.05) is 39.2 Å². The van der Waals surface area contributed by atoms with Crippen molar-refractivity contribution in [3.63, 3.8) is 0 Å². The van der Waals surface area contributed by atoms with Gasteiger partial charge in [-0.15, -0.1) is 0 Å². The van der Waals surface area contributed by atoms with Crippen molar-refractivity contribution in [3.05, 3.63) is 96.1 Å². The van der Waals surface area contributed by atoms with Crippen LogP contribution in [0.25, 0.3) is 17.2 Å². The first-order valence-electron chi connectivity index (χ1n) is 18.0. The lowest BCUT2D eigenvalue weighted by atomic mass is 9.93. The van der Waals surface area contributed by atoms with Crippen LogP contribution < -0.4 is 15.0 Å². The Bertz CT molecular complexity index is 1970. The molecule has 2 unspecified atom stereocenters. The molecule has 5 rings (SSSR count). The van der Waals surface area contributed by atoms with Gasteiger partial charge in [-0.05, 0) is 73.4 Å². The predicted octanol–water partition coefficient (Wildman–Crippen LogP) is 7.14. The molecular formula is C40H53N4O7S2+. The number of ether oxygens (including phenoxy) is 2. The summed E-state index contributed by atoms with van der Waals surface area (Å²) in [6.45, 7) is 12.9. The number of hydrogen-bond acceptors (Lipinski definition) is 7. The molecule has 0 saturated carbocycles. The van der Waals surface area contributed by atoms with Gasteiger partial charge in [0, 0.05) is 65.9 Å². The molecule has 0 spiro atoms. The average molecular weight is 766 g/mol. The van der Waals surface area contributed by atoms with Crippen molar-refractivity contribution in [1.29, 1.82) is 0 Å². The quantitative estimate of drug-likeness (QED) is 0.0737. The molecule has 0 saturated heterocycles. The number of hydrogen-bond donors (Lipinski definition) is 2. The predicted molar refractivity (Wildman–Crippen MR) is 213 cm³/mol. The molecule has 53 heavy (non-hydrogen) atoms. The van der Waals surface area contributed by atoms with Crippen LogP contribution in [0.1, 0.15) is 58.2 Å². The molecular weight excluding hydrogens is 713 g/mol. The number of imidazole rings is 1. The van der Waals surface area contributed by atoms with Crippen LogP contribution in [-0.2, 0) is 42.7 Å². The maximum absolute atomic E-state index is 13.5. The third-order valence-corrected chi connectivity index (χ3v) is 10.2. The van der Waals surface area contributed by atoms with Crippen molar-refractivity contribution < 1.29 is 31.4 Å². The van der Waals surface area contributed by atoms with E-state index in [9.17, 15) is 17.4 Å².